The van der Waals surface area contributed by atoms with Gasteiger partial charge in [-0.3, -0.25) is 0 Å². The van der Waals surface area contributed by atoms with Crippen molar-refractivity contribution in [1.82, 2.24) is 15.1 Å². The smallest absolute Gasteiger partial charge is 0.359 e. The van der Waals surface area contributed by atoms with E-state index in [0.29, 0.717) is 18.1 Å². The van der Waals surface area contributed by atoms with E-state index in [-0.39, 0.29) is 17.4 Å². The first-order chi connectivity index (χ1) is 8.86. The van der Waals surface area contributed by atoms with Crippen LogP contribution in [-0.2, 0) is 10.3 Å². The molecule has 1 aliphatic heterocycles. The zero-order chi connectivity index (χ0) is 14.2. The summed E-state index contributed by atoms with van der Waals surface area (Å²) in [4.78, 5) is 12.0. The third kappa shape index (κ3) is 2.45. The van der Waals surface area contributed by atoms with E-state index in [1.165, 1.54) is 0 Å². The van der Waals surface area contributed by atoms with Gasteiger partial charge in [0.15, 0.2) is 5.69 Å². The fourth-order valence-electron chi connectivity index (χ4n) is 2.20. The van der Waals surface area contributed by atoms with Crippen LogP contribution in [0.15, 0.2) is 0 Å². The average Bonchev–Trinajstić information content (AvgIpc) is 2.55. The van der Waals surface area contributed by atoms with Crippen LogP contribution in [0.4, 0.5) is 5.82 Å². The molecule has 1 aromatic heterocycles. The van der Waals surface area contributed by atoms with Crippen molar-refractivity contribution in [2.75, 3.05) is 25.4 Å². The van der Waals surface area contributed by atoms with Gasteiger partial charge in [-0.1, -0.05) is 0 Å². The fourth-order valence-corrected chi connectivity index (χ4v) is 2.20. The normalized spacial score (nSPS) is 16.2. The second-order valence-corrected chi connectivity index (χ2v) is 5.81. The van der Waals surface area contributed by atoms with Crippen molar-refractivity contribution in [2.45, 2.75) is 39.2 Å². The maximum absolute atomic E-state index is 12.0. The molecule has 1 aromatic rings. The van der Waals surface area contributed by atoms with E-state index >= 15 is 0 Å². The topological polar surface area (TPSA) is 82.2 Å². The van der Waals surface area contributed by atoms with E-state index in [1.807, 2.05) is 20.8 Å². The van der Waals surface area contributed by atoms with Crippen molar-refractivity contribution in [2.24, 2.45) is 0 Å². The van der Waals surface area contributed by atoms with E-state index in [4.69, 9.17) is 10.5 Å². The molecule has 0 radical (unpaired) electrons. The van der Waals surface area contributed by atoms with Gasteiger partial charge >= 0.3 is 5.97 Å². The van der Waals surface area contributed by atoms with Crippen LogP contribution in [0, 0.1) is 0 Å². The molecule has 0 amide bonds. The number of nitrogen functional groups attached to an aromatic ring is 1. The molecule has 0 aliphatic carbocycles. The highest BCUT2D eigenvalue weighted by Crippen LogP contribution is 2.32. The Morgan fingerprint density at radius 1 is 1.53 bits per heavy atom. The Hall–Kier alpha value is -1.56. The highest BCUT2D eigenvalue weighted by Gasteiger charge is 2.34. The minimum atomic E-state index is -0.390. The number of nitrogens with zero attached hydrogens (tertiary/aromatic N) is 2. The maximum Gasteiger partial charge on any atom is 0.359 e. The molecule has 0 bridgehead atoms. The molecule has 3 N–H and O–H groups in total. The molecule has 0 aromatic carbocycles. The number of ether oxygens (including phenoxy) is 1. The van der Waals surface area contributed by atoms with Crippen LogP contribution >= 0.6 is 0 Å². The summed E-state index contributed by atoms with van der Waals surface area (Å²) in [6.45, 7) is 9.80. The van der Waals surface area contributed by atoms with Gasteiger partial charge in [0.05, 0.1) is 12.1 Å². The van der Waals surface area contributed by atoms with Crippen LogP contribution in [0.25, 0.3) is 0 Å². The number of carbonyl (C=O) groups is 1. The second kappa shape index (κ2) is 4.85. The van der Waals surface area contributed by atoms with Gasteiger partial charge in [-0.15, -0.1) is 0 Å². The van der Waals surface area contributed by atoms with Crippen LogP contribution < -0.4 is 11.1 Å². The first kappa shape index (κ1) is 13.9. The van der Waals surface area contributed by atoms with Gasteiger partial charge in [0.1, 0.15) is 5.82 Å². The molecule has 1 saturated heterocycles. The van der Waals surface area contributed by atoms with Crippen molar-refractivity contribution < 1.29 is 9.53 Å². The van der Waals surface area contributed by atoms with Gasteiger partial charge in [0.25, 0.3) is 0 Å². The molecule has 2 rings (SSSR count). The summed E-state index contributed by atoms with van der Waals surface area (Å²) in [7, 11) is 0. The molecule has 0 saturated carbocycles. The minimum Gasteiger partial charge on any atom is -0.461 e. The van der Waals surface area contributed by atoms with Gasteiger partial charge in [-0.25, -0.2) is 9.48 Å². The van der Waals surface area contributed by atoms with Gasteiger partial charge in [0.2, 0.25) is 0 Å². The zero-order valence-electron chi connectivity index (χ0n) is 12.0. The van der Waals surface area contributed by atoms with E-state index in [0.717, 1.165) is 18.7 Å². The van der Waals surface area contributed by atoms with Gasteiger partial charge in [0, 0.05) is 24.6 Å². The third-order valence-corrected chi connectivity index (χ3v) is 3.25. The minimum absolute atomic E-state index is 0.246. The lowest BCUT2D eigenvalue weighted by Crippen LogP contribution is -2.41. The van der Waals surface area contributed by atoms with E-state index in [9.17, 15) is 4.79 Å². The number of hydrogen-bond donors (Lipinski definition) is 2. The molecule has 0 unspecified atom stereocenters. The molecule has 1 aliphatic rings. The Kier molecular flexibility index (Phi) is 3.54. The molecule has 19 heavy (non-hydrogen) atoms. The number of nitrogens with two attached hydrogens (primary N) is 1. The average molecular weight is 266 g/mol. The van der Waals surface area contributed by atoms with Crippen LogP contribution in [0.3, 0.4) is 0 Å². The number of hydrogen-bond acceptors (Lipinski definition) is 5. The summed E-state index contributed by atoms with van der Waals surface area (Å²) in [5, 5.41) is 7.58. The Labute approximate surface area is 113 Å². The zero-order valence-corrected chi connectivity index (χ0v) is 12.0. The van der Waals surface area contributed by atoms with Crippen LogP contribution in [0.1, 0.15) is 49.7 Å². The number of rotatable bonds is 3. The summed E-state index contributed by atoms with van der Waals surface area (Å²) in [5.74, 6) is 0.427. The first-order valence-corrected chi connectivity index (χ1v) is 6.63. The maximum atomic E-state index is 12.0. The lowest BCUT2D eigenvalue weighted by atomic mass is 9.93. The van der Waals surface area contributed by atoms with E-state index in [1.54, 1.807) is 11.6 Å². The molecule has 0 spiro atoms. The fraction of sp³-hybridized carbons (Fsp3) is 0.692. The summed E-state index contributed by atoms with van der Waals surface area (Å²) >= 11 is 0. The summed E-state index contributed by atoms with van der Waals surface area (Å²) in [5.41, 5.74) is 7.12. The van der Waals surface area contributed by atoms with Crippen molar-refractivity contribution in [3.8, 4) is 0 Å². The summed E-state index contributed by atoms with van der Waals surface area (Å²) < 4.78 is 6.79. The number of carbonyl (C=O) groups excluding carboxylic acids is 1. The Morgan fingerprint density at radius 3 is 2.58 bits per heavy atom. The van der Waals surface area contributed by atoms with Crippen molar-refractivity contribution in [1.29, 1.82) is 0 Å². The Bertz CT molecular complexity index is 484. The second-order valence-electron chi connectivity index (χ2n) is 5.81. The predicted molar refractivity (Wildman–Crippen MR) is 73.2 cm³/mol. The molecule has 2 heterocycles. The van der Waals surface area contributed by atoms with Gasteiger partial charge in [-0.05, 0) is 27.7 Å². The molecular weight excluding hydrogens is 244 g/mol. The Balaban J connectivity index is 2.48. The van der Waals surface area contributed by atoms with Crippen LogP contribution in [0.5, 0.6) is 0 Å². The highest BCUT2D eigenvalue weighted by molar-refractivity contribution is 5.90. The van der Waals surface area contributed by atoms with E-state index < -0.39 is 0 Å². The SMILES string of the molecule is CCOC(=O)c1nn(C(C)(C)C)c(N)c1C1CNC1. The van der Waals surface area contributed by atoms with Crippen molar-refractivity contribution >= 4 is 11.8 Å². The molecule has 6 nitrogen and oxygen atoms in total. The third-order valence-electron chi connectivity index (χ3n) is 3.25. The summed E-state index contributed by atoms with van der Waals surface area (Å²) in [6.07, 6.45) is 0. The number of esters is 1. The predicted octanol–water partition coefficient (Wildman–Crippen LogP) is 1.08. The molecule has 0 atom stereocenters. The molecule has 6 heteroatoms. The van der Waals surface area contributed by atoms with Crippen LogP contribution in [0.2, 0.25) is 0 Å². The quantitative estimate of drug-likeness (QED) is 0.800. The molecule has 1 fully saturated rings. The number of nitrogens with one attached hydrogen (secondary N) is 1. The summed E-state index contributed by atoms with van der Waals surface area (Å²) in [6, 6.07) is 0. The van der Waals surface area contributed by atoms with Gasteiger partial charge in [-0.2, -0.15) is 5.10 Å². The van der Waals surface area contributed by atoms with Crippen molar-refractivity contribution in [3.63, 3.8) is 0 Å². The van der Waals surface area contributed by atoms with E-state index in [2.05, 4.69) is 10.4 Å². The van der Waals surface area contributed by atoms with Gasteiger partial charge < -0.3 is 15.8 Å². The first-order valence-electron chi connectivity index (χ1n) is 6.63. The van der Waals surface area contributed by atoms with Crippen LogP contribution in [-0.4, -0.2) is 35.4 Å². The monoisotopic (exact) mass is 266 g/mol. The lowest BCUT2D eigenvalue weighted by molar-refractivity contribution is 0.0515. The highest BCUT2D eigenvalue weighted by atomic mass is 16.5. The number of aromatic nitrogens is 2. The Morgan fingerprint density at radius 2 is 2.16 bits per heavy atom. The largest absolute Gasteiger partial charge is 0.461 e. The molecular formula is C13H22N4O2. The van der Waals surface area contributed by atoms with Crippen molar-refractivity contribution in [3.05, 3.63) is 11.3 Å². The lowest BCUT2D eigenvalue weighted by Gasteiger charge is -2.28. The molecule has 106 valence electrons. The number of anilines is 1. The standard InChI is InChI=1S/C13H22N4O2/c1-5-19-12(18)10-9(8-6-15-7-8)11(14)17(16-10)13(2,3)4/h8,15H,5-7,14H2,1-4H3.